The van der Waals surface area contributed by atoms with Gasteiger partial charge in [-0.3, -0.25) is 4.40 Å². The van der Waals surface area contributed by atoms with Gasteiger partial charge in [-0.1, -0.05) is 0 Å². The third-order valence-corrected chi connectivity index (χ3v) is 3.02. The summed E-state index contributed by atoms with van der Waals surface area (Å²) >= 11 is 0. The van der Waals surface area contributed by atoms with Gasteiger partial charge in [0.25, 0.3) is 0 Å². The second-order valence-corrected chi connectivity index (χ2v) is 3.99. The molecule has 15 heavy (non-hydrogen) atoms. The van der Waals surface area contributed by atoms with Gasteiger partial charge in [0.15, 0.2) is 0 Å². The summed E-state index contributed by atoms with van der Waals surface area (Å²) in [5.41, 5.74) is 8.06. The number of nitrogens with two attached hydrogens (primary N) is 1. The van der Waals surface area contributed by atoms with Gasteiger partial charge in [-0.15, -0.1) is 0 Å². The lowest BCUT2D eigenvalue weighted by Crippen LogP contribution is -2.17. The average molecular weight is 202 g/mol. The van der Waals surface area contributed by atoms with Crippen molar-refractivity contribution >= 4 is 17.2 Å². The standard InChI is InChI=1S/C11H14N4/c12-11-13-8-10-7-9(3-6-15(10)11)14-4-1-2-5-14/h3,6-8H,1-2,4-5H2,(H2,12,13). The lowest BCUT2D eigenvalue weighted by molar-refractivity contribution is 0.949. The fourth-order valence-electron chi connectivity index (χ4n) is 2.18. The Balaban J connectivity index is 2.05. The first-order chi connectivity index (χ1) is 7.34. The molecule has 0 aromatic carbocycles. The number of rotatable bonds is 1. The average Bonchev–Trinajstić information content (AvgIpc) is 2.88. The largest absolute Gasteiger partial charge is 0.371 e. The van der Waals surface area contributed by atoms with Crippen LogP contribution >= 0.6 is 0 Å². The topological polar surface area (TPSA) is 46.6 Å². The van der Waals surface area contributed by atoms with Crippen LogP contribution in [0.25, 0.3) is 5.52 Å². The van der Waals surface area contributed by atoms with Crippen LogP contribution in [0.4, 0.5) is 11.6 Å². The van der Waals surface area contributed by atoms with Gasteiger partial charge in [0.05, 0.1) is 11.7 Å². The monoisotopic (exact) mass is 202 g/mol. The highest BCUT2D eigenvalue weighted by Crippen LogP contribution is 2.22. The zero-order valence-electron chi connectivity index (χ0n) is 8.56. The van der Waals surface area contributed by atoms with E-state index < -0.39 is 0 Å². The van der Waals surface area contributed by atoms with Crippen molar-refractivity contribution in [2.24, 2.45) is 0 Å². The first-order valence-electron chi connectivity index (χ1n) is 5.32. The summed E-state index contributed by atoms with van der Waals surface area (Å²) < 4.78 is 1.90. The van der Waals surface area contributed by atoms with E-state index >= 15 is 0 Å². The van der Waals surface area contributed by atoms with Gasteiger partial charge in [-0.05, 0) is 25.0 Å². The summed E-state index contributed by atoms with van der Waals surface area (Å²) in [5, 5.41) is 0. The Kier molecular flexibility index (Phi) is 1.80. The molecule has 0 amide bonds. The lowest BCUT2D eigenvalue weighted by atomic mass is 10.3. The van der Waals surface area contributed by atoms with Crippen LogP contribution in [0.3, 0.4) is 0 Å². The van der Waals surface area contributed by atoms with Crippen molar-refractivity contribution in [2.45, 2.75) is 12.8 Å². The van der Waals surface area contributed by atoms with Gasteiger partial charge in [0, 0.05) is 25.0 Å². The smallest absolute Gasteiger partial charge is 0.204 e. The Hall–Kier alpha value is -1.71. The maximum atomic E-state index is 5.72. The van der Waals surface area contributed by atoms with Gasteiger partial charge in [0.2, 0.25) is 5.95 Å². The van der Waals surface area contributed by atoms with Crippen molar-refractivity contribution < 1.29 is 0 Å². The third-order valence-electron chi connectivity index (χ3n) is 3.02. The fraction of sp³-hybridized carbons (Fsp3) is 0.364. The zero-order chi connectivity index (χ0) is 10.3. The number of nitrogen functional groups attached to an aromatic ring is 1. The molecule has 1 aliphatic rings. The molecule has 4 nitrogen and oxygen atoms in total. The van der Waals surface area contributed by atoms with Crippen molar-refractivity contribution in [1.82, 2.24) is 9.38 Å². The number of nitrogens with zero attached hydrogens (tertiary/aromatic N) is 3. The van der Waals surface area contributed by atoms with Crippen LogP contribution in [0.15, 0.2) is 24.5 Å². The van der Waals surface area contributed by atoms with E-state index in [0.717, 1.165) is 5.52 Å². The summed E-state index contributed by atoms with van der Waals surface area (Å²) in [6, 6.07) is 4.26. The molecular weight excluding hydrogens is 188 g/mol. The fourth-order valence-corrected chi connectivity index (χ4v) is 2.18. The summed E-state index contributed by atoms with van der Waals surface area (Å²) in [6.07, 6.45) is 6.40. The number of anilines is 2. The number of pyridine rings is 1. The summed E-state index contributed by atoms with van der Waals surface area (Å²) in [5.74, 6) is 0.554. The summed E-state index contributed by atoms with van der Waals surface area (Å²) in [7, 11) is 0. The Morgan fingerprint density at radius 3 is 2.87 bits per heavy atom. The Labute approximate surface area is 88.3 Å². The maximum absolute atomic E-state index is 5.72. The van der Waals surface area contributed by atoms with Crippen molar-refractivity contribution in [3.8, 4) is 0 Å². The molecule has 0 radical (unpaired) electrons. The molecule has 0 saturated carbocycles. The second-order valence-electron chi connectivity index (χ2n) is 3.99. The molecule has 78 valence electrons. The Morgan fingerprint density at radius 1 is 1.27 bits per heavy atom. The van der Waals surface area contributed by atoms with Crippen molar-refractivity contribution in [1.29, 1.82) is 0 Å². The van der Waals surface area contributed by atoms with Crippen LogP contribution in [0.2, 0.25) is 0 Å². The SMILES string of the molecule is Nc1ncc2cc(N3CCCC3)ccn12. The van der Waals surface area contributed by atoms with E-state index in [0.29, 0.717) is 5.95 Å². The van der Waals surface area contributed by atoms with E-state index in [1.807, 2.05) is 16.8 Å². The van der Waals surface area contributed by atoms with Gasteiger partial charge in [0.1, 0.15) is 0 Å². The molecule has 1 fully saturated rings. The Morgan fingerprint density at radius 2 is 2.07 bits per heavy atom. The number of fused-ring (bicyclic) bond motifs is 1. The van der Waals surface area contributed by atoms with E-state index in [1.54, 1.807) is 0 Å². The molecule has 1 saturated heterocycles. The van der Waals surface area contributed by atoms with E-state index in [9.17, 15) is 0 Å². The minimum absolute atomic E-state index is 0.554. The molecule has 2 N–H and O–H groups in total. The summed E-state index contributed by atoms with van der Waals surface area (Å²) in [4.78, 5) is 6.49. The molecule has 0 aliphatic carbocycles. The van der Waals surface area contributed by atoms with E-state index in [-0.39, 0.29) is 0 Å². The molecule has 0 unspecified atom stereocenters. The van der Waals surface area contributed by atoms with Crippen LogP contribution < -0.4 is 10.6 Å². The first-order valence-corrected chi connectivity index (χ1v) is 5.32. The van der Waals surface area contributed by atoms with Gasteiger partial charge < -0.3 is 10.6 Å². The number of imidazole rings is 1. The molecule has 3 rings (SSSR count). The second kappa shape index (κ2) is 3.15. The normalized spacial score (nSPS) is 16.4. The maximum Gasteiger partial charge on any atom is 0.204 e. The molecular formula is C11H14N4. The Bertz CT molecular complexity index is 482. The molecule has 0 spiro atoms. The third kappa shape index (κ3) is 1.33. The first kappa shape index (κ1) is 8.59. The predicted octanol–water partition coefficient (Wildman–Crippen LogP) is 1.52. The zero-order valence-corrected chi connectivity index (χ0v) is 8.56. The molecule has 0 bridgehead atoms. The lowest BCUT2D eigenvalue weighted by Gasteiger charge is -2.17. The molecule has 2 aromatic rings. The van der Waals surface area contributed by atoms with Gasteiger partial charge in [-0.2, -0.15) is 0 Å². The highest BCUT2D eigenvalue weighted by atomic mass is 15.2. The molecule has 3 heterocycles. The number of aromatic nitrogens is 2. The van der Waals surface area contributed by atoms with Crippen LogP contribution in [0.5, 0.6) is 0 Å². The van der Waals surface area contributed by atoms with Crippen LogP contribution in [0, 0.1) is 0 Å². The highest BCUT2D eigenvalue weighted by molar-refractivity contribution is 5.61. The molecule has 2 aromatic heterocycles. The highest BCUT2D eigenvalue weighted by Gasteiger charge is 2.12. The van der Waals surface area contributed by atoms with Crippen molar-refractivity contribution in [3.05, 3.63) is 24.5 Å². The minimum Gasteiger partial charge on any atom is -0.371 e. The van der Waals surface area contributed by atoms with E-state index in [1.165, 1.54) is 31.6 Å². The predicted molar refractivity (Wildman–Crippen MR) is 61.1 cm³/mol. The molecule has 1 aliphatic heterocycles. The minimum atomic E-state index is 0.554. The molecule has 0 atom stereocenters. The van der Waals surface area contributed by atoms with Crippen LogP contribution in [0.1, 0.15) is 12.8 Å². The van der Waals surface area contributed by atoms with Crippen molar-refractivity contribution in [3.63, 3.8) is 0 Å². The van der Waals surface area contributed by atoms with Gasteiger partial charge in [-0.25, -0.2) is 4.98 Å². The van der Waals surface area contributed by atoms with E-state index in [2.05, 4.69) is 22.0 Å². The van der Waals surface area contributed by atoms with Crippen LogP contribution in [-0.4, -0.2) is 22.5 Å². The molecule has 4 heteroatoms. The van der Waals surface area contributed by atoms with E-state index in [4.69, 9.17) is 5.73 Å². The van der Waals surface area contributed by atoms with Crippen molar-refractivity contribution in [2.75, 3.05) is 23.7 Å². The van der Waals surface area contributed by atoms with Crippen LogP contribution in [-0.2, 0) is 0 Å². The quantitative estimate of drug-likeness (QED) is 0.762. The number of hydrogen-bond acceptors (Lipinski definition) is 3. The number of hydrogen-bond donors (Lipinski definition) is 1. The summed E-state index contributed by atoms with van der Waals surface area (Å²) in [6.45, 7) is 2.33. The van der Waals surface area contributed by atoms with Gasteiger partial charge >= 0.3 is 0 Å².